The van der Waals surface area contributed by atoms with E-state index < -0.39 is 26.3 Å². The van der Waals surface area contributed by atoms with Gasteiger partial charge in [0.1, 0.15) is 27.5 Å². The Morgan fingerprint density at radius 2 is 2.10 bits per heavy atom. The fourth-order valence-corrected chi connectivity index (χ4v) is 2.90. The summed E-state index contributed by atoms with van der Waals surface area (Å²) in [5.41, 5.74) is -0.377. The van der Waals surface area contributed by atoms with Gasteiger partial charge in [-0.1, -0.05) is 17.7 Å². The second kappa shape index (κ2) is 5.45. The molecule has 0 radical (unpaired) electrons. The van der Waals surface area contributed by atoms with Crippen molar-refractivity contribution in [2.75, 3.05) is 4.72 Å². The summed E-state index contributed by atoms with van der Waals surface area (Å²) in [4.78, 5) is 3.27. The molecule has 0 aliphatic carbocycles. The van der Waals surface area contributed by atoms with E-state index in [0.29, 0.717) is 0 Å². The number of nitriles is 1. The first-order valence-corrected chi connectivity index (χ1v) is 7.13. The third kappa shape index (κ3) is 2.87. The maximum atomic E-state index is 13.4. The number of sulfonamides is 1. The van der Waals surface area contributed by atoms with Gasteiger partial charge in [-0.2, -0.15) is 5.26 Å². The summed E-state index contributed by atoms with van der Waals surface area (Å²) in [7, 11) is -4.09. The molecule has 0 spiro atoms. The second-order valence-corrected chi connectivity index (χ2v) is 5.74. The first kappa shape index (κ1) is 14.2. The zero-order valence-corrected chi connectivity index (χ0v) is 11.4. The summed E-state index contributed by atoms with van der Waals surface area (Å²) in [5.74, 6) is -0.900. The van der Waals surface area contributed by atoms with E-state index in [0.717, 1.165) is 12.1 Å². The molecule has 1 N–H and O–H groups in total. The van der Waals surface area contributed by atoms with Crippen LogP contribution < -0.4 is 4.72 Å². The van der Waals surface area contributed by atoms with Gasteiger partial charge in [0.2, 0.25) is 0 Å². The van der Waals surface area contributed by atoms with Crippen LogP contribution in [0.5, 0.6) is 0 Å². The van der Waals surface area contributed by atoms with Gasteiger partial charge in [-0.3, -0.25) is 4.72 Å². The quantitative estimate of drug-likeness (QED) is 0.883. The summed E-state index contributed by atoms with van der Waals surface area (Å²) < 4.78 is 40.0. The maximum absolute atomic E-state index is 13.4. The Bertz CT molecular complexity index is 803. The zero-order valence-electron chi connectivity index (χ0n) is 9.84. The third-order valence-electron chi connectivity index (χ3n) is 2.36. The van der Waals surface area contributed by atoms with Gasteiger partial charge >= 0.3 is 0 Å². The molecular weight excluding hydrogens is 305 g/mol. The van der Waals surface area contributed by atoms with E-state index >= 15 is 0 Å². The Hall–Kier alpha value is -2.17. The minimum absolute atomic E-state index is 0.102. The molecule has 0 fully saturated rings. The standard InChI is InChI=1S/C12H7ClFN3O2S/c13-12-6-8(4-5-16-12)17-20(18,19)11-3-1-2-10(14)9(11)7-15/h1-6H,(H,16,17). The summed E-state index contributed by atoms with van der Waals surface area (Å²) in [6.45, 7) is 0. The minimum Gasteiger partial charge on any atom is -0.279 e. The molecule has 0 saturated carbocycles. The maximum Gasteiger partial charge on any atom is 0.263 e. The van der Waals surface area contributed by atoms with Crippen molar-refractivity contribution in [3.63, 3.8) is 0 Å². The SMILES string of the molecule is N#Cc1c(F)cccc1S(=O)(=O)Nc1ccnc(Cl)c1. The Labute approximate surface area is 119 Å². The number of hydrogen-bond donors (Lipinski definition) is 1. The molecule has 5 nitrogen and oxygen atoms in total. The highest BCUT2D eigenvalue weighted by molar-refractivity contribution is 7.92. The van der Waals surface area contributed by atoms with E-state index in [-0.39, 0.29) is 10.8 Å². The van der Waals surface area contributed by atoms with Crippen LogP contribution in [0.3, 0.4) is 0 Å². The summed E-state index contributed by atoms with van der Waals surface area (Å²) in [5, 5.41) is 8.96. The van der Waals surface area contributed by atoms with Crippen molar-refractivity contribution in [3.8, 4) is 6.07 Å². The van der Waals surface area contributed by atoms with Gasteiger partial charge in [-0.25, -0.2) is 17.8 Å². The topological polar surface area (TPSA) is 82.8 Å². The van der Waals surface area contributed by atoms with E-state index in [1.165, 1.54) is 30.5 Å². The Morgan fingerprint density at radius 3 is 2.75 bits per heavy atom. The van der Waals surface area contributed by atoms with Crippen LogP contribution in [-0.4, -0.2) is 13.4 Å². The van der Waals surface area contributed by atoms with Crippen LogP contribution in [0.4, 0.5) is 10.1 Å². The van der Waals surface area contributed by atoms with Crippen LogP contribution in [0.2, 0.25) is 5.15 Å². The lowest BCUT2D eigenvalue weighted by atomic mass is 10.2. The zero-order chi connectivity index (χ0) is 14.8. The van der Waals surface area contributed by atoms with Gasteiger partial charge in [0.25, 0.3) is 10.0 Å². The fourth-order valence-electron chi connectivity index (χ4n) is 1.51. The van der Waals surface area contributed by atoms with Gasteiger partial charge in [0.15, 0.2) is 0 Å². The molecule has 0 saturated heterocycles. The monoisotopic (exact) mass is 311 g/mol. The molecule has 2 aromatic rings. The lowest BCUT2D eigenvalue weighted by molar-refractivity contribution is 0.593. The van der Waals surface area contributed by atoms with Crippen molar-refractivity contribution >= 4 is 27.3 Å². The molecule has 0 aliphatic rings. The van der Waals surface area contributed by atoms with Crippen LogP contribution in [0.25, 0.3) is 0 Å². The van der Waals surface area contributed by atoms with E-state index in [1.54, 1.807) is 0 Å². The predicted octanol–water partition coefficient (Wildman–Crippen LogP) is 2.55. The largest absolute Gasteiger partial charge is 0.279 e. The molecular formula is C12H7ClFN3O2S. The second-order valence-electron chi connectivity index (χ2n) is 3.70. The van der Waals surface area contributed by atoms with Gasteiger partial charge in [-0.15, -0.1) is 0 Å². The molecule has 2 rings (SSSR count). The van der Waals surface area contributed by atoms with Crippen molar-refractivity contribution in [1.29, 1.82) is 5.26 Å². The lowest BCUT2D eigenvalue weighted by Gasteiger charge is -2.09. The molecule has 0 amide bonds. The van der Waals surface area contributed by atoms with E-state index in [1.807, 2.05) is 0 Å². The summed E-state index contributed by atoms with van der Waals surface area (Å²) in [6.07, 6.45) is 1.32. The number of pyridine rings is 1. The van der Waals surface area contributed by atoms with Crippen LogP contribution in [0.1, 0.15) is 5.56 Å². The number of aromatic nitrogens is 1. The predicted molar refractivity (Wildman–Crippen MR) is 71.2 cm³/mol. The third-order valence-corrected chi connectivity index (χ3v) is 3.99. The fraction of sp³-hybridized carbons (Fsp3) is 0. The van der Waals surface area contributed by atoms with Gasteiger partial charge in [0.05, 0.1) is 5.69 Å². The van der Waals surface area contributed by atoms with Crippen LogP contribution in [0.15, 0.2) is 41.4 Å². The van der Waals surface area contributed by atoms with E-state index in [9.17, 15) is 12.8 Å². The summed E-state index contributed by atoms with van der Waals surface area (Å²) >= 11 is 5.65. The highest BCUT2D eigenvalue weighted by atomic mass is 35.5. The van der Waals surface area contributed by atoms with Crippen molar-refractivity contribution in [3.05, 3.63) is 53.1 Å². The number of benzene rings is 1. The molecule has 1 aromatic carbocycles. The summed E-state index contributed by atoms with van der Waals surface area (Å²) in [6, 6.07) is 7.59. The Kier molecular flexibility index (Phi) is 3.88. The molecule has 0 atom stereocenters. The highest BCUT2D eigenvalue weighted by Gasteiger charge is 2.21. The molecule has 0 bridgehead atoms. The van der Waals surface area contributed by atoms with Gasteiger partial charge in [-0.05, 0) is 24.3 Å². The number of anilines is 1. The van der Waals surface area contributed by atoms with Crippen molar-refractivity contribution < 1.29 is 12.8 Å². The first-order valence-electron chi connectivity index (χ1n) is 5.27. The van der Waals surface area contributed by atoms with Crippen LogP contribution >= 0.6 is 11.6 Å². The molecule has 20 heavy (non-hydrogen) atoms. The van der Waals surface area contributed by atoms with Crippen molar-refractivity contribution in [2.45, 2.75) is 4.90 Å². The molecule has 102 valence electrons. The molecule has 1 aromatic heterocycles. The van der Waals surface area contributed by atoms with E-state index in [4.69, 9.17) is 16.9 Å². The molecule has 1 heterocycles. The molecule has 0 unspecified atom stereocenters. The lowest BCUT2D eigenvalue weighted by Crippen LogP contribution is -2.15. The Balaban J connectivity index is 2.47. The number of nitrogens with one attached hydrogen (secondary N) is 1. The van der Waals surface area contributed by atoms with Gasteiger partial charge in [0, 0.05) is 6.20 Å². The first-order chi connectivity index (χ1) is 9.44. The van der Waals surface area contributed by atoms with Crippen LogP contribution in [0, 0.1) is 17.1 Å². The average molecular weight is 312 g/mol. The van der Waals surface area contributed by atoms with Crippen molar-refractivity contribution in [1.82, 2.24) is 4.98 Å². The van der Waals surface area contributed by atoms with Crippen LogP contribution in [-0.2, 0) is 10.0 Å². The average Bonchev–Trinajstić information content (AvgIpc) is 2.38. The van der Waals surface area contributed by atoms with Crippen molar-refractivity contribution in [2.24, 2.45) is 0 Å². The minimum atomic E-state index is -4.09. The molecule has 8 heteroatoms. The number of hydrogen-bond acceptors (Lipinski definition) is 4. The molecule has 0 aliphatic heterocycles. The number of nitrogens with zero attached hydrogens (tertiary/aromatic N) is 2. The van der Waals surface area contributed by atoms with E-state index in [2.05, 4.69) is 9.71 Å². The smallest absolute Gasteiger partial charge is 0.263 e. The van der Waals surface area contributed by atoms with Gasteiger partial charge < -0.3 is 0 Å². The number of rotatable bonds is 3. The Morgan fingerprint density at radius 1 is 1.35 bits per heavy atom. The normalized spacial score (nSPS) is 10.8. The highest BCUT2D eigenvalue weighted by Crippen LogP contribution is 2.22. The number of halogens is 2.